The fourth-order valence-corrected chi connectivity index (χ4v) is 4.15. The van der Waals surface area contributed by atoms with Crippen LogP contribution in [0.15, 0.2) is 57.8 Å². The Morgan fingerprint density at radius 1 is 1.00 bits per heavy atom. The average molecular weight is 498 g/mol. The molecular formula is C23H20BrN3O5. The molecule has 5 rings (SSSR count). The van der Waals surface area contributed by atoms with Gasteiger partial charge in [0, 0.05) is 12.2 Å². The number of aromatic nitrogens is 2. The summed E-state index contributed by atoms with van der Waals surface area (Å²) in [5.41, 5.74) is 4.17. The molecule has 0 spiro atoms. The van der Waals surface area contributed by atoms with Gasteiger partial charge in [-0.3, -0.25) is 0 Å². The van der Waals surface area contributed by atoms with Crippen LogP contribution in [0, 0.1) is 0 Å². The summed E-state index contributed by atoms with van der Waals surface area (Å²) in [4.78, 5) is 16.9. The Kier molecular flexibility index (Phi) is 5.40. The van der Waals surface area contributed by atoms with Gasteiger partial charge in [0.05, 0.1) is 22.6 Å². The Labute approximate surface area is 191 Å². The third kappa shape index (κ3) is 4.11. The molecule has 0 radical (unpaired) electrons. The molecule has 0 saturated carbocycles. The monoisotopic (exact) mass is 497 g/mol. The molecule has 0 aliphatic carbocycles. The van der Waals surface area contributed by atoms with E-state index in [-0.39, 0.29) is 12.5 Å². The van der Waals surface area contributed by atoms with Crippen molar-refractivity contribution < 1.29 is 18.9 Å². The van der Waals surface area contributed by atoms with Gasteiger partial charge >= 0.3 is 5.69 Å². The highest BCUT2D eigenvalue weighted by atomic mass is 79.9. The first-order valence-corrected chi connectivity index (χ1v) is 10.7. The Hall–Kier alpha value is -3.59. The summed E-state index contributed by atoms with van der Waals surface area (Å²) in [5.74, 6) is 2.72. The van der Waals surface area contributed by atoms with Crippen LogP contribution < -0.4 is 30.0 Å². The zero-order valence-electron chi connectivity index (χ0n) is 17.2. The molecular weight excluding hydrogens is 478 g/mol. The van der Waals surface area contributed by atoms with Gasteiger partial charge in [0.1, 0.15) is 6.61 Å². The van der Waals surface area contributed by atoms with E-state index in [0.717, 1.165) is 43.8 Å². The molecule has 8 nitrogen and oxygen atoms in total. The first-order valence-electron chi connectivity index (χ1n) is 9.93. The van der Waals surface area contributed by atoms with Crippen molar-refractivity contribution in [2.45, 2.75) is 13.2 Å². The molecule has 3 N–H and O–H groups in total. The molecule has 0 unspecified atom stereocenters. The van der Waals surface area contributed by atoms with Crippen molar-refractivity contribution in [3.8, 4) is 23.0 Å². The summed E-state index contributed by atoms with van der Waals surface area (Å²) in [6, 6.07) is 15.3. The number of aromatic amines is 2. The highest BCUT2D eigenvalue weighted by molar-refractivity contribution is 9.10. The standard InChI is InChI=1S/C23H20BrN3O5/c1-29-21-8-14(10-25-15-3-4-17-18(9-15)27-23(28)26-17)6-16(24)22(21)30-11-13-2-5-19-20(7-13)32-12-31-19/h2-9,25H,10-12H2,1H3,(H2,26,27,28). The second-order valence-corrected chi connectivity index (χ2v) is 8.13. The molecule has 0 atom stereocenters. The van der Waals surface area contributed by atoms with Crippen molar-refractivity contribution in [1.29, 1.82) is 0 Å². The van der Waals surface area contributed by atoms with E-state index in [2.05, 4.69) is 31.2 Å². The number of nitrogens with one attached hydrogen (secondary N) is 3. The predicted molar refractivity (Wildman–Crippen MR) is 124 cm³/mol. The van der Waals surface area contributed by atoms with E-state index < -0.39 is 0 Å². The van der Waals surface area contributed by atoms with Crippen molar-refractivity contribution in [2.75, 3.05) is 19.2 Å². The van der Waals surface area contributed by atoms with Gasteiger partial charge < -0.3 is 34.2 Å². The largest absolute Gasteiger partial charge is 0.493 e. The van der Waals surface area contributed by atoms with Gasteiger partial charge in [0.2, 0.25) is 6.79 Å². The Morgan fingerprint density at radius 3 is 2.72 bits per heavy atom. The third-order valence-corrected chi connectivity index (χ3v) is 5.71. The van der Waals surface area contributed by atoms with Crippen molar-refractivity contribution in [1.82, 2.24) is 9.97 Å². The zero-order valence-corrected chi connectivity index (χ0v) is 18.7. The number of hydrogen-bond donors (Lipinski definition) is 3. The fourth-order valence-electron chi connectivity index (χ4n) is 3.55. The van der Waals surface area contributed by atoms with E-state index in [1.54, 1.807) is 7.11 Å². The Morgan fingerprint density at radius 2 is 1.84 bits per heavy atom. The van der Waals surface area contributed by atoms with Crippen LogP contribution in [-0.2, 0) is 13.2 Å². The van der Waals surface area contributed by atoms with Crippen LogP contribution in [0.1, 0.15) is 11.1 Å². The van der Waals surface area contributed by atoms with Crippen LogP contribution in [0.25, 0.3) is 11.0 Å². The van der Waals surface area contributed by atoms with E-state index >= 15 is 0 Å². The first kappa shape index (κ1) is 20.3. The number of imidazole rings is 1. The maximum absolute atomic E-state index is 11.4. The number of hydrogen-bond acceptors (Lipinski definition) is 6. The van der Waals surface area contributed by atoms with Crippen LogP contribution in [0.4, 0.5) is 5.69 Å². The summed E-state index contributed by atoms with van der Waals surface area (Å²) in [5, 5.41) is 3.36. The lowest BCUT2D eigenvalue weighted by atomic mass is 10.2. The predicted octanol–water partition coefficient (Wildman–Crippen LogP) is 4.55. The fraction of sp³-hybridized carbons (Fsp3) is 0.174. The highest BCUT2D eigenvalue weighted by Crippen LogP contribution is 2.38. The number of benzene rings is 3. The quantitative estimate of drug-likeness (QED) is 0.346. The minimum atomic E-state index is -0.220. The SMILES string of the molecule is COc1cc(CNc2ccc3[nH]c(=O)[nH]c3c2)cc(Br)c1OCc1ccc2c(c1)OCO2. The first-order chi connectivity index (χ1) is 15.6. The number of ether oxygens (including phenoxy) is 4. The van der Waals surface area contributed by atoms with Gasteiger partial charge in [0.15, 0.2) is 23.0 Å². The maximum atomic E-state index is 11.4. The van der Waals surface area contributed by atoms with Crippen LogP contribution in [0.2, 0.25) is 0 Å². The highest BCUT2D eigenvalue weighted by Gasteiger charge is 2.15. The van der Waals surface area contributed by atoms with Crippen molar-refractivity contribution in [3.05, 3.63) is 74.6 Å². The Bertz CT molecular complexity index is 1350. The normalized spacial score (nSPS) is 12.2. The van der Waals surface area contributed by atoms with Gasteiger partial charge in [-0.1, -0.05) is 6.07 Å². The smallest absolute Gasteiger partial charge is 0.323 e. The number of H-pyrrole nitrogens is 2. The summed E-state index contributed by atoms with van der Waals surface area (Å²) >= 11 is 3.60. The molecule has 1 aliphatic heterocycles. The minimum absolute atomic E-state index is 0.220. The summed E-state index contributed by atoms with van der Waals surface area (Å²) in [6.07, 6.45) is 0. The van der Waals surface area contributed by atoms with Crippen LogP contribution in [-0.4, -0.2) is 23.9 Å². The molecule has 1 aromatic heterocycles. The van der Waals surface area contributed by atoms with E-state index in [1.807, 2.05) is 48.5 Å². The number of methoxy groups -OCH3 is 1. The van der Waals surface area contributed by atoms with Gasteiger partial charge in [0.25, 0.3) is 0 Å². The third-order valence-electron chi connectivity index (χ3n) is 5.12. The Balaban J connectivity index is 1.29. The lowest BCUT2D eigenvalue weighted by Crippen LogP contribution is -2.03. The van der Waals surface area contributed by atoms with Gasteiger partial charge in [-0.15, -0.1) is 0 Å². The van der Waals surface area contributed by atoms with Crippen molar-refractivity contribution in [3.63, 3.8) is 0 Å². The minimum Gasteiger partial charge on any atom is -0.493 e. The molecule has 0 fully saturated rings. The van der Waals surface area contributed by atoms with Gasteiger partial charge in [-0.2, -0.15) is 0 Å². The lowest BCUT2D eigenvalue weighted by Gasteiger charge is -2.15. The van der Waals surface area contributed by atoms with Crippen LogP contribution in [0.3, 0.4) is 0 Å². The zero-order chi connectivity index (χ0) is 22.1. The second kappa shape index (κ2) is 8.51. The number of rotatable bonds is 7. The number of halogens is 1. The molecule has 0 amide bonds. The second-order valence-electron chi connectivity index (χ2n) is 7.28. The van der Waals surface area contributed by atoms with E-state index in [0.29, 0.717) is 24.7 Å². The molecule has 3 aromatic carbocycles. The molecule has 32 heavy (non-hydrogen) atoms. The van der Waals surface area contributed by atoms with Crippen molar-refractivity contribution >= 4 is 32.7 Å². The van der Waals surface area contributed by atoms with Gasteiger partial charge in [-0.25, -0.2) is 4.79 Å². The molecule has 2 heterocycles. The van der Waals surface area contributed by atoms with E-state index in [1.165, 1.54) is 0 Å². The molecule has 0 bridgehead atoms. The molecule has 9 heteroatoms. The molecule has 0 saturated heterocycles. The van der Waals surface area contributed by atoms with Crippen molar-refractivity contribution in [2.24, 2.45) is 0 Å². The van der Waals surface area contributed by atoms with E-state index in [9.17, 15) is 4.79 Å². The average Bonchev–Trinajstić information content (AvgIpc) is 3.41. The lowest BCUT2D eigenvalue weighted by molar-refractivity contribution is 0.174. The number of anilines is 1. The van der Waals surface area contributed by atoms with Crippen LogP contribution in [0.5, 0.6) is 23.0 Å². The summed E-state index contributed by atoms with van der Waals surface area (Å²) in [7, 11) is 1.61. The van der Waals surface area contributed by atoms with E-state index in [4.69, 9.17) is 18.9 Å². The molecule has 1 aliphatic rings. The maximum Gasteiger partial charge on any atom is 0.323 e. The van der Waals surface area contributed by atoms with Crippen LogP contribution >= 0.6 is 15.9 Å². The summed E-state index contributed by atoms with van der Waals surface area (Å²) in [6.45, 7) is 1.17. The topological polar surface area (TPSA) is 97.6 Å². The number of fused-ring (bicyclic) bond motifs is 2. The summed E-state index contributed by atoms with van der Waals surface area (Å²) < 4.78 is 23.2. The van der Waals surface area contributed by atoms with Gasteiger partial charge in [-0.05, 0) is 69.5 Å². The molecule has 164 valence electrons. The molecule has 4 aromatic rings.